The molecule has 3 aromatic rings. The smallest absolute Gasteiger partial charge is 0.257 e. The Kier molecular flexibility index (Phi) is 6.95. The maximum absolute atomic E-state index is 12.4. The Bertz CT molecular complexity index is 957. The van der Waals surface area contributed by atoms with Crippen LogP contribution in [0, 0.1) is 0 Å². The Morgan fingerprint density at radius 2 is 1.79 bits per heavy atom. The average Bonchev–Trinajstić information content (AvgIpc) is 2.75. The second-order valence-electron chi connectivity index (χ2n) is 6.38. The molecule has 0 radical (unpaired) electrons. The van der Waals surface area contributed by atoms with Gasteiger partial charge in [-0.2, -0.15) is 0 Å². The molecular formula is C23H23N3O3. The van der Waals surface area contributed by atoms with Crippen LogP contribution in [-0.2, 0) is 17.8 Å². The Labute approximate surface area is 169 Å². The predicted molar refractivity (Wildman–Crippen MR) is 112 cm³/mol. The number of rotatable bonds is 8. The number of hydrogen-bond donors (Lipinski definition) is 2. The second kappa shape index (κ2) is 10.0. The summed E-state index contributed by atoms with van der Waals surface area (Å²) in [5.74, 6) is 0.448. The first kappa shape index (κ1) is 20.1. The lowest BCUT2D eigenvalue weighted by molar-refractivity contribution is -0.120. The molecule has 2 aromatic carbocycles. The van der Waals surface area contributed by atoms with Gasteiger partial charge in [0.1, 0.15) is 5.75 Å². The molecule has 3 rings (SSSR count). The summed E-state index contributed by atoms with van der Waals surface area (Å²) in [5, 5.41) is 5.78. The number of para-hydroxylation sites is 1. The number of amides is 2. The highest BCUT2D eigenvalue weighted by atomic mass is 16.5. The molecule has 148 valence electrons. The van der Waals surface area contributed by atoms with Gasteiger partial charge in [-0.05, 0) is 48.4 Å². The summed E-state index contributed by atoms with van der Waals surface area (Å²) in [4.78, 5) is 28.6. The third-order valence-electron chi connectivity index (χ3n) is 4.26. The van der Waals surface area contributed by atoms with E-state index in [-0.39, 0.29) is 18.2 Å². The molecular weight excluding hydrogens is 366 g/mol. The lowest BCUT2D eigenvalue weighted by Crippen LogP contribution is -2.25. The van der Waals surface area contributed by atoms with Crippen LogP contribution < -0.4 is 15.4 Å². The van der Waals surface area contributed by atoms with E-state index in [1.807, 2.05) is 55.5 Å². The van der Waals surface area contributed by atoms with Crippen LogP contribution >= 0.6 is 0 Å². The Morgan fingerprint density at radius 1 is 1.00 bits per heavy atom. The molecule has 0 unspecified atom stereocenters. The zero-order chi connectivity index (χ0) is 20.5. The summed E-state index contributed by atoms with van der Waals surface area (Å²) in [6.07, 6.45) is 3.40. The summed E-state index contributed by atoms with van der Waals surface area (Å²) in [6.45, 7) is 2.86. The molecule has 0 atom stereocenters. The van der Waals surface area contributed by atoms with Gasteiger partial charge in [-0.1, -0.05) is 30.3 Å². The number of hydrogen-bond acceptors (Lipinski definition) is 4. The molecule has 1 heterocycles. The standard InChI is InChI=1S/C23H23N3O3/c1-2-29-20-11-9-17(10-12-20)14-22(27)25-16-18-6-3-4-8-21(18)26-23(28)19-7-5-13-24-15-19/h3-13,15H,2,14,16H2,1H3,(H,25,27)(H,26,28). The van der Waals surface area contributed by atoms with E-state index in [1.54, 1.807) is 18.3 Å². The van der Waals surface area contributed by atoms with Crippen molar-refractivity contribution < 1.29 is 14.3 Å². The number of ether oxygens (including phenoxy) is 1. The van der Waals surface area contributed by atoms with Crippen LogP contribution in [0.15, 0.2) is 73.1 Å². The number of carbonyl (C=O) groups excluding carboxylic acids is 2. The van der Waals surface area contributed by atoms with Crippen LogP contribution in [0.5, 0.6) is 5.75 Å². The van der Waals surface area contributed by atoms with Crippen LogP contribution in [0.2, 0.25) is 0 Å². The monoisotopic (exact) mass is 389 g/mol. The van der Waals surface area contributed by atoms with Gasteiger partial charge in [0.25, 0.3) is 5.91 Å². The molecule has 0 aliphatic rings. The molecule has 6 heteroatoms. The fraction of sp³-hybridized carbons (Fsp3) is 0.174. The topological polar surface area (TPSA) is 80.3 Å². The molecule has 0 aliphatic carbocycles. The molecule has 2 N–H and O–H groups in total. The van der Waals surface area contributed by atoms with Crippen molar-refractivity contribution in [2.75, 3.05) is 11.9 Å². The van der Waals surface area contributed by atoms with Crippen LogP contribution in [0.25, 0.3) is 0 Å². The van der Waals surface area contributed by atoms with Crippen molar-refractivity contribution in [3.8, 4) is 5.75 Å². The van der Waals surface area contributed by atoms with Gasteiger partial charge in [0.15, 0.2) is 0 Å². The summed E-state index contributed by atoms with van der Waals surface area (Å²) in [6, 6.07) is 18.3. The van der Waals surface area contributed by atoms with Crippen molar-refractivity contribution in [2.45, 2.75) is 19.9 Å². The number of nitrogens with zero attached hydrogens (tertiary/aromatic N) is 1. The molecule has 2 amide bonds. The van der Waals surface area contributed by atoms with Gasteiger partial charge in [-0.15, -0.1) is 0 Å². The van der Waals surface area contributed by atoms with Crippen molar-refractivity contribution in [3.63, 3.8) is 0 Å². The molecule has 0 fully saturated rings. The average molecular weight is 389 g/mol. The first-order valence-electron chi connectivity index (χ1n) is 9.43. The molecule has 1 aromatic heterocycles. The van der Waals surface area contributed by atoms with Gasteiger partial charge in [0.2, 0.25) is 5.91 Å². The maximum Gasteiger partial charge on any atom is 0.257 e. The van der Waals surface area contributed by atoms with Gasteiger partial charge in [0, 0.05) is 24.6 Å². The van der Waals surface area contributed by atoms with E-state index in [0.29, 0.717) is 24.4 Å². The second-order valence-corrected chi connectivity index (χ2v) is 6.38. The minimum Gasteiger partial charge on any atom is -0.494 e. The minimum atomic E-state index is -0.244. The molecule has 6 nitrogen and oxygen atoms in total. The summed E-state index contributed by atoms with van der Waals surface area (Å²) >= 11 is 0. The normalized spacial score (nSPS) is 10.2. The Morgan fingerprint density at radius 3 is 2.52 bits per heavy atom. The van der Waals surface area contributed by atoms with E-state index >= 15 is 0 Å². The summed E-state index contributed by atoms with van der Waals surface area (Å²) < 4.78 is 5.41. The molecule has 0 aliphatic heterocycles. The van der Waals surface area contributed by atoms with Crippen molar-refractivity contribution in [1.82, 2.24) is 10.3 Å². The molecule has 0 saturated heterocycles. The van der Waals surface area contributed by atoms with Gasteiger partial charge >= 0.3 is 0 Å². The molecule has 0 bridgehead atoms. The largest absolute Gasteiger partial charge is 0.494 e. The first-order valence-corrected chi connectivity index (χ1v) is 9.43. The van der Waals surface area contributed by atoms with Crippen molar-refractivity contribution in [1.29, 1.82) is 0 Å². The van der Waals surface area contributed by atoms with Crippen LogP contribution in [0.3, 0.4) is 0 Å². The molecule has 29 heavy (non-hydrogen) atoms. The lowest BCUT2D eigenvalue weighted by atomic mass is 10.1. The zero-order valence-electron chi connectivity index (χ0n) is 16.2. The van der Waals surface area contributed by atoms with Gasteiger partial charge in [0.05, 0.1) is 18.6 Å². The number of pyridine rings is 1. The first-order chi connectivity index (χ1) is 14.2. The SMILES string of the molecule is CCOc1ccc(CC(=O)NCc2ccccc2NC(=O)c2cccnc2)cc1. The number of anilines is 1. The van der Waals surface area contributed by atoms with Crippen LogP contribution in [-0.4, -0.2) is 23.4 Å². The fourth-order valence-corrected chi connectivity index (χ4v) is 2.80. The highest BCUT2D eigenvalue weighted by Crippen LogP contribution is 2.16. The van der Waals surface area contributed by atoms with Crippen molar-refractivity contribution >= 4 is 17.5 Å². The third kappa shape index (κ3) is 5.90. The predicted octanol–water partition coefficient (Wildman–Crippen LogP) is 3.59. The number of aromatic nitrogens is 1. The van der Waals surface area contributed by atoms with Gasteiger partial charge in [-0.3, -0.25) is 14.6 Å². The number of benzene rings is 2. The van der Waals surface area contributed by atoms with E-state index in [9.17, 15) is 9.59 Å². The highest BCUT2D eigenvalue weighted by molar-refractivity contribution is 6.04. The van der Waals surface area contributed by atoms with Crippen molar-refractivity contribution in [2.24, 2.45) is 0 Å². The van der Waals surface area contributed by atoms with Gasteiger partial charge < -0.3 is 15.4 Å². The quantitative estimate of drug-likeness (QED) is 0.617. The fourth-order valence-electron chi connectivity index (χ4n) is 2.80. The zero-order valence-corrected chi connectivity index (χ0v) is 16.2. The minimum absolute atomic E-state index is 0.0949. The number of nitrogens with one attached hydrogen (secondary N) is 2. The van der Waals surface area contributed by atoms with Crippen molar-refractivity contribution in [3.05, 3.63) is 89.7 Å². The summed E-state index contributed by atoms with van der Waals surface area (Å²) in [5.41, 5.74) is 2.86. The third-order valence-corrected chi connectivity index (χ3v) is 4.26. The van der Waals surface area contributed by atoms with E-state index in [4.69, 9.17) is 4.74 Å². The molecule has 0 spiro atoms. The van der Waals surface area contributed by atoms with Crippen LogP contribution in [0.4, 0.5) is 5.69 Å². The molecule has 0 saturated carbocycles. The Hall–Kier alpha value is -3.67. The van der Waals surface area contributed by atoms with E-state index in [2.05, 4.69) is 15.6 Å². The van der Waals surface area contributed by atoms with Gasteiger partial charge in [-0.25, -0.2) is 0 Å². The maximum atomic E-state index is 12.4. The summed E-state index contributed by atoms with van der Waals surface area (Å²) in [7, 11) is 0. The van der Waals surface area contributed by atoms with E-state index in [0.717, 1.165) is 16.9 Å². The lowest BCUT2D eigenvalue weighted by Gasteiger charge is -2.12. The van der Waals surface area contributed by atoms with Crippen LogP contribution in [0.1, 0.15) is 28.4 Å². The van der Waals surface area contributed by atoms with E-state index < -0.39 is 0 Å². The number of carbonyl (C=O) groups is 2. The van der Waals surface area contributed by atoms with E-state index in [1.165, 1.54) is 6.20 Å². The Balaban J connectivity index is 1.57. The highest BCUT2D eigenvalue weighted by Gasteiger charge is 2.10.